The van der Waals surface area contributed by atoms with Gasteiger partial charge in [0.2, 0.25) is 0 Å². The Balaban J connectivity index is 3.39. The summed E-state index contributed by atoms with van der Waals surface area (Å²) in [5, 5.41) is 8.26. The Kier molecular flexibility index (Phi) is 5.22. The second kappa shape index (κ2) is 5.75. The number of hydrogen-bond donors (Lipinski definition) is 0. The Morgan fingerprint density at radius 2 is 2.36 bits per heavy atom. The summed E-state index contributed by atoms with van der Waals surface area (Å²) in [4.78, 5) is 0. The highest BCUT2D eigenvalue weighted by Gasteiger charge is 2.01. The SMILES string of the molecule is C=C(C#N)OCC(C)OCC. The lowest BCUT2D eigenvalue weighted by molar-refractivity contribution is 0.0228. The van der Waals surface area contributed by atoms with Gasteiger partial charge in [-0.3, -0.25) is 0 Å². The third-order valence-corrected chi connectivity index (χ3v) is 1.07. The first-order chi connectivity index (χ1) is 5.20. The molecule has 0 aromatic heterocycles. The van der Waals surface area contributed by atoms with Gasteiger partial charge in [-0.2, -0.15) is 5.26 Å². The fourth-order valence-corrected chi connectivity index (χ4v) is 0.583. The molecule has 1 unspecified atom stereocenters. The summed E-state index contributed by atoms with van der Waals surface area (Å²) in [7, 11) is 0. The van der Waals surface area contributed by atoms with E-state index in [-0.39, 0.29) is 11.9 Å². The largest absolute Gasteiger partial charge is 0.481 e. The number of hydrogen-bond acceptors (Lipinski definition) is 3. The van der Waals surface area contributed by atoms with Crippen molar-refractivity contribution in [1.82, 2.24) is 0 Å². The summed E-state index contributed by atoms with van der Waals surface area (Å²) >= 11 is 0. The molecule has 1 atom stereocenters. The van der Waals surface area contributed by atoms with Crippen LogP contribution in [-0.2, 0) is 9.47 Å². The highest BCUT2D eigenvalue weighted by molar-refractivity contribution is 5.06. The van der Waals surface area contributed by atoms with Crippen LogP contribution < -0.4 is 0 Å². The summed E-state index contributed by atoms with van der Waals surface area (Å²) < 4.78 is 10.1. The zero-order chi connectivity index (χ0) is 8.69. The molecule has 0 aliphatic rings. The molecule has 0 aliphatic carbocycles. The van der Waals surface area contributed by atoms with E-state index in [0.717, 1.165) is 0 Å². The molecule has 0 aromatic rings. The van der Waals surface area contributed by atoms with Crippen molar-refractivity contribution in [3.05, 3.63) is 12.3 Å². The Morgan fingerprint density at radius 1 is 1.73 bits per heavy atom. The molecule has 0 radical (unpaired) electrons. The van der Waals surface area contributed by atoms with Crippen LogP contribution in [0.2, 0.25) is 0 Å². The zero-order valence-electron chi connectivity index (χ0n) is 6.96. The van der Waals surface area contributed by atoms with E-state index >= 15 is 0 Å². The molecule has 0 saturated carbocycles. The molecule has 3 nitrogen and oxygen atoms in total. The quantitative estimate of drug-likeness (QED) is 0.446. The monoisotopic (exact) mass is 155 g/mol. The van der Waals surface area contributed by atoms with Crippen LogP contribution in [0.1, 0.15) is 13.8 Å². The van der Waals surface area contributed by atoms with Crippen LogP contribution in [0.25, 0.3) is 0 Å². The standard InChI is InChI=1S/C8H13NO2/c1-4-10-8(3)6-11-7(2)5-9/h8H,2,4,6H2,1,3H3. The first-order valence-corrected chi connectivity index (χ1v) is 3.54. The Hall–Kier alpha value is -1.01. The second-order valence-electron chi connectivity index (χ2n) is 2.11. The minimum Gasteiger partial charge on any atom is -0.481 e. The molecule has 62 valence electrons. The molecule has 0 bridgehead atoms. The molecule has 3 heteroatoms. The number of allylic oxidation sites excluding steroid dienone is 1. The van der Waals surface area contributed by atoms with Gasteiger partial charge in [0.1, 0.15) is 12.7 Å². The lowest BCUT2D eigenvalue weighted by Crippen LogP contribution is -2.15. The normalized spacial score (nSPS) is 11.7. The van der Waals surface area contributed by atoms with Crippen LogP contribution in [0.5, 0.6) is 0 Å². The molecule has 0 saturated heterocycles. The van der Waals surface area contributed by atoms with Crippen molar-refractivity contribution in [2.45, 2.75) is 20.0 Å². The average Bonchev–Trinajstić information content (AvgIpc) is 2.01. The van der Waals surface area contributed by atoms with Crippen LogP contribution in [-0.4, -0.2) is 19.3 Å². The molecule has 0 amide bonds. The predicted octanol–water partition coefficient (Wildman–Crippen LogP) is 1.47. The van der Waals surface area contributed by atoms with Gasteiger partial charge in [-0.1, -0.05) is 0 Å². The predicted molar refractivity (Wildman–Crippen MR) is 41.8 cm³/mol. The van der Waals surface area contributed by atoms with E-state index in [1.807, 2.05) is 13.8 Å². The van der Waals surface area contributed by atoms with Gasteiger partial charge in [0.05, 0.1) is 6.10 Å². The molecular formula is C8H13NO2. The van der Waals surface area contributed by atoms with Gasteiger partial charge >= 0.3 is 0 Å². The molecule has 0 fully saturated rings. The van der Waals surface area contributed by atoms with Crippen molar-refractivity contribution in [2.75, 3.05) is 13.2 Å². The van der Waals surface area contributed by atoms with Gasteiger partial charge in [-0.25, -0.2) is 0 Å². The molecule has 11 heavy (non-hydrogen) atoms. The van der Waals surface area contributed by atoms with E-state index in [9.17, 15) is 0 Å². The molecule has 0 rings (SSSR count). The third-order valence-electron chi connectivity index (χ3n) is 1.07. The van der Waals surface area contributed by atoms with E-state index in [2.05, 4.69) is 6.58 Å². The fourth-order valence-electron chi connectivity index (χ4n) is 0.583. The molecule has 0 spiro atoms. The van der Waals surface area contributed by atoms with Crippen LogP contribution >= 0.6 is 0 Å². The average molecular weight is 155 g/mol. The summed E-state index contributed by atoms with van der Waals surface area (Å²) in [5.41, 5.74) is 0. The second-order valence-corrected chi connectivity index (χ2v) is 2.11. The van der Waals surface area contributed by atoms with Crippen molar-refractivity contribution in [3.8, 4) is 6.07 Å². The van der Waals surface area contributed by atoms with Gasteiger partial charge in [-0.05, 0) is 20.4 Å². The minimum atomic E-state index is 0.0186. The highest BCUT2D eigenvalue weighted by atomic mass is 16.5. The Morgan fingerprint density at radius 3 is 2.82 bits per heavy atom. The lowest BCUT2D eigenvalue weighted by atomic mass is 10.4. The maximum absolute atomic E-state index is 8.26. The molecule has 0 heterocycles. The summed E-state index contributed by atoms with van der Waals surface area (Å²) in [5.74, 6) is 0.136. The summed E-state index contributed by atoms with van der Waals surface area (Å²) in [6.07, 6.45) is 0.0186. The molecular weight excluding hydrogens is 142 g/mol. The van der Waals surface area contributed by atoms with E-state index in [1.54, 1.807) is 6.07 Å². The van der Waals surface area contributed by atoms with Gasteiger partial charge in [-0.15, -0.1) is 0 Å². The number of nitriles is 1. The van der Waals surface area contributed by atoms with E-state index < -0.39 is 0 Å². The van der Waals surface area contributed by atoms with E-state index in [4.69, 9.17) is 14.7 Å². The molecule has 0 N–H and O–H groups in total. The van der Waals surface area contributed by atoms with Crippen LogP contribution in [0.3, 0.4) is 0 Å². The van der Waals surface area contributed by atoms with Gasteiger partial charge in [0, 0.05) is 6.61 Å². The van der Waals surface area contributed by atoms with Gasteiger partial charge in [0.25, 0.3) is 0 Å². The maximum atomic E-state index is 8.26. The van der Waals surface area contributed by atoms with Gasteiger partial charge in [0.15, 0.2) is 5.76 Å². The number of nitrogens with zero attached hydrogens (tertiary/aromatic N) is 1. The first-order valence-electron chi connectivity index (χ1n) is 3.54. The van der Waals surface area contributed by atoms with Gasteiger partial charge < -0.3 is 9.47 Å². The van der Waals surface area contributed by atoms with E-state index in [1.165, 1.54) is 0 Å². The fraction of sp³-hybridized carbons (Fsp3) is 0.625. The third kappa shape index (κ3) is 5.43. The van der Waals surface area contributed by atoms with Crippen LogP contribution in [0.4, 0.5) is 0 Å². The minimum absolute atomic E-state index is 0.0186. The molecule has 0 aliphatic heterocycles. The summed E-state index contributed by atoms with van der Waals surface area (Å²) in [6.45, 7) is 8.21. The summed E-state index contributed by atoms with van der Waals surface area (Å²) in [6, 6.07) is 1.79. The number of ether oxygens (including phenoxy) is 2. The number of rotatable bonds is 5. The first kappa shape index (κ1) is 9.99. The Labute approximate surface area is 67.2 Å². The highest BCUT2D eigenvalue weighted by Crippen LogP contribution is 1.96. The van der Waals surface area contributed by atoms with E-state index in [0.29, 0.717) is 13.2 Å². The van der Waals surface area contributed by atoms with Crippen molar-refractivity contribution in [2.24, 2.45) is 0 Å². The zero-order valence-corrected chi connectivity index (χ0v) is 6.96. The van der Waals surface area contributed by atoms with Crippen LogP contribution in [0.15, 0.2) is 12.3 Å². The van der Waals surface area contributed by atoms with Crippen molar-refractivity contribution < 1.29 is 9.47 Å². The molecule has 0 aromatic carbocycles. The van der Waals surface area contributed by atoms with Crippen LogP contribution in [0, 0.1) is 11.3 Å². The van der Waals surface area contributed by atoms with Crippen molar-refractivity contribution in [3.63, 3.8) is 0 Å². The topological polar surface area (TPSA) is 42.2 Å². The maximum Gasteiger partial charge on any atom is 0.189 e. The van der Waals surface area contributed by atoms with Crippen molar-refractivity contribution >= 4 is 0 Å². The smallest absolute Gasteiger partial charge is 0.189 e. The van der Waals surface area contributed by atoms with Crippen molar-refractivity contribution in [1.29, 1.82) is 5.26 Å². The lowest BCUT2D eigenvalue weighted by Gasteiger charge is -2.11. The Bertz CT molecular complexity index is 160.